The Morgan fingerprint density at radius 1 is 0.741 bits per heavy atom. The molecule has 12 atom stereocenters. The number of rotatable bonds is 2. The predicted molar refractivity (Wildman–Crippen MR) is 92.8 cm³/mol. The maximum Gasteiger partial charge on any atom is 0.184 e. The summed E-state index contributed by atoms with van der Waals surface area (Å²) in [7, 11) is 0. The van der Waals surface area contributed by atoms with Gasteiger partial charge in [0, 0.05) is 11.8 Å². The second-order valence-electron chi connectivity index (χ2n) is 8.24. The van der Waals surface area contributed by atoms with E-state index in [2.05, 4.69) is 6.92 Å². The van der Waals surface area contributed by atoms with Crippen molar-refractivity contribution < 1.29 is 38.3 Å². The van der Waals surface area contributed by atoms with Gasteiger partial charge in [-0.25, -0.2) is 0 Å². The van der Waals surface area contributed by atoms with Crippen LogP contribution in [0, 0.1) is 11.8 Å². The molecule has 4 fully saturated rings. The van der Waals surface area contributed by atoms with Crippen LogP contribution in [0.1, 0.15) is 34.6 Å². The van der Waals surface area contributed by atoms with Gasteiger partial charge in [-0.05, 0) is 20.8 Å². The third kappa shape index (κ3) is 3.79. The Hall–Kier alpha value is -0.320. The molecular weight excluding hydrogens is 356 g/mol. The summed E-state index contributed by atoms with van der Waals surface area (Å²) in [5.74, 6) is -0.0462. The molecule has 8 heteroatoms. The minimum atomic E-state index is -0.789. The van der Waals surface area contributed by atoms with Gasteiger partial charge in [-0.15, -0.1) is 0 Å². The molecule has 4 heterocycles. The molecule has 4 saturated heterocycles. The second kappa shape index (κ2) is 7.84. The lowest BCUT2D eigenvalue weighted by molar-refractivity contribution is -0.372. The van der Waals surface area contributed by atoms with Crippen molar-refractivity contribution in [1.29, 1.82) is 0 Å². The SMILES string of the molecule is CC1OCC2O[C@@H](OC3[C@H](C)OC4COC(C)O[C@@H]4[C@@H]3C)C(O)[C@@H](C)[C@H]2O1. The van der Waals surface area contributed by atoms with Gasteiger partial charge in [-0.2, -0.15) is 0 Å². The van der Waals surface area contributed by atoms with Crippen molar-refractivity contribution in [3.63, 3.8) is 0 Å². The van der Waals surface area contributed by atoms with Crippen molar-refractivity contribution in [3.8, 4) is 0 Å². The van der Waals surface area contributed by atoms with E-state index < -0.39 is 12.4 Å². The summed E-state index contributed by atoms with van der Waals surface area (Å²) in [4.78, 5) is 0. The number of fused-ring (bicyclic) bond motifs is 2. The van der Waals surface area contributed by atoms with Gasteiger partial charge in [0.25, 0.3) is 0 Å². The fraction of sp³-hybridized carbons (Fsp3) is 1.00. The molecule has 0 aliphatic carbocycles. The molecule has 4 aliphatic rings. The lowest BCUT2D eigenvalue weighted by Gasteiger charge is -2.51. The van der Waals surface area contributed by atoms with Crippen molar-refractivity contribution in [1.82, 2.24) is 0 Å². The lowest BCUT2D eigenvalue weighted by Crippen LogP contribution is -2.63. The molecule has 156 valence electrons. The standard InChI is InChI=1S/C19H32O8/c1-8-15(20)19(26-14-7-22-11(4)24-17(8)14)27-16-9(2)18-13(23-10(16)3)6-21-12(5)25-18/h8-20H,6-7H2,1-5H3/t8-,9-,10+,11?,12?,13?,14?,15?,16?,17-,18-,19+/m1/s1. The number of hydrogen-bond acceptors (Lipinski definition) is 8. The van der Waals surface area contributed by atoms with Crippen LogP contribution in [-0.2, 0) is 33.2 Å². The van der Waals surface area contributed by atoms with Crippen LogP contribution >= 0.6 is 0 Å². The third-order valence-corrected chi connectivity index (χ3v) is 6.25. The first-order chi connectivity index (χ1) is 12.8. The number of ether oxygens (including phenoxy) is 7. The average molecular weight is 388 g/mol. The van der Waals surface area contributed by atoms with Crippen LogP contribution in [0.4, 0.5) is 0 Å². The van der Waals surface area contributed by atoms with Gasteiger partial charge in [0.15, 0.2) is 18.9 Å². The third-order valence-electron chi connectivity index (χ3n) is 6.25. The zero-order valence-corrected chi connectivity index (χ0v) is 16.6. The topological polar surface area (TPSA) is 84.8 Å². The van der Waals surface area contributed by atoms with Crippen LogP contribution in [0.15, 0.2) is 0 Å². The predicted octanol–water partition coefficient (Wildman–Crippen LogP) is 1.04. The Morgan fingerprint density at radius 2 is 1.30 bits per heavy atom. The summed E-state index contributed by atoms with van der Waals surface area (Å²) in [5, 5.41) is 10.8. The molecule has 0 aromatic rings. The normalized spacial score (nSPS) is 56.2. The zero-order valence-electron chi connectivity index (χ0n) is 16.6. The van der Waals surface area contributed by atoms with Crippen molar-refractivity contribution >= 4 is 0 Å². The first kappa shape index (κ1) is 20.0. The van der Waals surface area contributed by atoms with E-state index in [9.17, 15) is 5.11 Å². The molecule has 4 aliphatic heterocycles. The number of aliphatic hydroxyl groups is 1. The molecular formula is C19H32O8. The average Bonchev–Trinajstić information content (AvgIpc) is 2.64. The summed E-state index contributed by atoms with van der Waals surface area (Å²) < 4.78 is 41.2. The molecule has 27 heavy (non-hydrogen) atoms. The van der Waals surface area contributed by atoms with Crippen molar-refractivity contribution in [2.45, 2.75) is 96.2 Å². The zero-order chi connectivity index (χ0) is 19.3. The first-order valence-electron chi connectivity index (χ1n) is 10.0. The van der Waals surface area contributed by atoms with Crippen LogP contribution < -0.4 is 0 Å². The van der Waals surface area contributed by atoms with E-state index >= 15 is 0 Å². The molecule has 8 nitrogen and oxygen atoms in total. The molecule has 0 amide bonds. The van der Waals surface area contributed by atoms with E-state index in [0.29, 0.717) is 13.2 Å². The highest BCUT2D eigenvalue weighted by atomic mass is 16.8. The molecule has 6 unspecified atom stereocenters. The Morgan fingerprint density at radius 3 is 1.93 bits per heavy atom. The summed E-state index contributed by atoms with van der Waals surface area (Å²) in [5.41, 5.74) is 0. The van der Waals surface area contributed by atoms with Crippen molar-refractivity contribution in [2.24, 2.45) is 11.8 Å². The molecule has 0 saturated carbocycles. The smallest absolute Gasteiger partial charge is 0.184 e. The molecule has 0 aromatic heterocycles. The van der Waals surface area contributed by atoms with Crippen LogP contribution in [-0.4, -0.2) is 79.9 Å². The number of hydrogen-bond donors (Lipinski definition) is 1. The molecule has 4 rings (SSSR count). The Bertz CT molecular complexity index is 516. The van der Waals surface area contributed by atoms with Crippen LogP contribution in [0.5, 0.6) is 0 Å². The molecule has 0 bridgehead atoms. The van der Waals surface area contributed by atoms with Crippen LogP contribution in [0.3, 0.4) is 0 Å². The molecule has 0 aromatic carbocycles. The number of aliphatic hydroxyl groups excluding tert-OH is 1. The van der Waals surface area contributed by atoms with E-state index in [4.69, 9.17) is 33.2 Å². The highest BCUT2D eigenvalue weighted by molar-refractivity contribution is 4.94. The van der Waals surface area contributed by atoms with Crippen molar-refractivity contribution in [3.05, 3.63) is 0 Å². The maximum absolute atomic E-state index is 10.8. The summed E-state index contributed by atoms with van der Waals surface area (Å²) in [6.45, 7) is 10.7. The Kier molecular flexibility index (Phi) is 5.80. The van der Waals surface area contributed by atoms with Gasteiger partial charge < -0.3 is 38.3 Å². The molecule has 0 spiro atoms. The lowest BCUT2D eigenvalue weighted by atomic mass is 9.86. The van der Waals surface area contributed by atoms with Gasteiger partial charge in [0.1, 0.15) is 18.3 Å². The first-order valence-corrected chi connectivity index (χ1v) is 10.0. The van der Waals surface area contributed by atoms with Gasteiger partial charge in [0.05, 0.1) is 37.6 Å². The highest BCUT2D eigenvalue weighted by Gasteiger charge is 2.51. The van der Waals surface area contributed by atoms with Gasteiger partial charge in [0.2, 0.25) is 0 Å². The minimum absolute atomic E-state index is 0.0767. The van der Waals surface area contributed by atoms with Gasteiger partial charge >= 0.3 is 0 Å². The molecule has 1 N–H and O–H groups in total. The highest BCUT2D eigenvalue weighted by Crippen LogP contribution is 2.37. The fourth-order valence-corrected chi connectivity index (χ4v) is 4.67. The maximum atomic E-state index is 10.8. The quantitative estimate of drug-likeness (QED) is 0.751. The van der Waals surface area contributed by atoms with E-state index in [0.717, 1.165) is 0 Å². The van der Waals surface area contributed by atoms with Gasteiger partial charge in [-0.1, -0.05) is 13.8 Å². The van der Waals surface area contributed by atoms with E-state index in [1.807, 2.05) is 27.7 Å². The van der Waals surface area contributed by atoms with E-state index in [1.54, 1.807) is 0 Å². The minimum Gasteiger partial charge on any atom is -0.387 e. The largest absolute Gasteiger partial charge is 0.387 e. The summed E-state index contributed by atoms with van der Waals surface area (Å²) >= 11 is 0. The van der Waals surface area contributed by atoms with Crippen LogP contribution in [0.25, 0.3) is 0 Å². The summed E-state index contributed by atoms with van der Waals surface area (Å²) in [6, 6.07) is 0. The van der Waals surface area contributed by atoms with Crippen molar-refractivity contribution in [2.75, 3.05) is 13.2 Å². The monoisotopic (exact) mass is 388 g/mol. The van der Waals surface area contributed by atoms with E-state index in [-0.39, 0.29) is 61.0 Å². The fourth-order valence-electron chi connectivity index (χ4n) is 4.67. The van der Waals surface area contributed by atoms with Crippen LogP contribution in [0.2, 0.25) is 0 Å². The van der Waals surface area contributed by atoms with E-state index in [1.165, 1.54) is 0 Å². The molecule has 0 radical (unpaired) electrons. The second-order valence-corrected chi connectivity index (χ2v) is 8.24. The summed E-state index contributed by atoms with van der Waals surface area (Å²) in [6.07, 6.45) is -3.19. The van der Waals surface area contributed by atoms with Gasteiger partial charge in [-0.3, -0.25) is 0 Å². The Labute approximate surface area is 160 Å². The Balaban J connectivity index is 1.44.